The van der Waals surface area contributed by atoms with Gasteiger partial charge in [-0.1, -0.05) is 11.6 Å². The Morgan fingerprint density at radius 3 is 2.57 bits per heavy atom. The van der Waals surface area contributed by atoms with E-state index in [1.807, 2.05) is 13.2 Å². The van der Waals surface area contributed by atoms with Crippen LogP contribution in [0.1, 0.15) is 17.3 Å². The van der Waals surface area contributed by atoms with Gasteiger partial charge in [-0.05, 0) is 25.3 Å². The molecule has 2 N–H and O–H groups in total. The van der Waals surface area contributed by atoms with Crippen molar-refractivity contribution >= 4 is 29.3 Å². The van der Waals surface area contributed by atoms with Gasteiger partial charge in [-0.3, -0.25) is 4.79 Å². The lowest BCUT2D eigenvalue weighted by Crippen LogP contribution is -2.41. The molecule has 0 saturated heterocycles. The van der Waals surface area contributed by atoms with E-state index < -0.39 is 0 Å². The lowest BCUT2D eigenvalue weighted by Gasteiger charge is -2.21. The maximum atomic E-state index is 12.3. The second-order valence-electron chi connectivity index (χ2n) is 4.41. The molecule has 118 valence electrons. The van der Waals surface area contributed by atoms with Gasteiger partial charge in [-0.15, -0.1) is 0 Å². The van der Waals surface area contributed by atoms with E-state index in [-0.39, 0.29) is 23.8 Å². The largest absolute Gasteiger partial charge is 0.493 e. The molecule has 2 unspecified atom stereocenters. The van der Waals surface area contributed by atoms with Crippen molar-refractivity contribution in [1.82, 2.24) is 5.32 Å². The molecule has 1 aromatic carbocycles. The molecule has 0 fully saturated rings. The Balaban J connectivity index is 2.95. The summed E-state index contributed by atoms with van der Waals surface area (Å²) in [6, 6.07) is 2.92. The van der Waals surface area contributed by atoms with E-state index >= 15 is 0 Å². The Bertz CT molecular complexity index is 494. The lowest BCUT2D eigenvalue weighted by molar-refractivity contribution is 0.0935. The minimum absolute atomic E-state index is 0.00466. The Morgan fingerprint density at radius 1 is 1.43 bits per heavy atom. The van der Waals surface area contributed by atoms with Gasteiger partial charge in [0, 0.05) is 16.9 Å². The number of carbonyl (C=O) groups is 1. The highest BCUT2D eigenvalue weighted by molar-refractivity contribution is 7.99. The predicted molar refractivity (Wildman–Crippen MR) is 85.9 cm³/mol. The first-order valence-corrected chi connectivity index (χ1v) is 8.01. The summed E-state index contributed by atoms with van der Waals surface area (Å²) >= 11 is 7.58. The summed E-state index contributed by atoms with van der Waals surface area (Å²) in [7, 11) is 2.96. The molecule has 0 aliphatic carbocycles. The molecule has 0 spiro atoms. The Labute approximate surface area is 134 Å². The van der Waals surface area contributed by atoms with Crippen molar-refractivity contribution in [2.75, 3.05) is 27.1 Å². The number of halogens is 1. The van der Waals surface area contributed by atoms with Crippen LogP contribution in [0.25, 0.3) is 0 Å². The number of rotatable bonds is 7. The molecule has 0 aliphatic heterocycles. The van der Waals surface area contributed by atoms with Crippen LogP contribution in [-0.4, -0.2) is 49.4 Å². The zero-order valence-electron chi connectivity index (χ0n) is 12.5. The fourth-order valence-corrected chi connectivity index (χ4v) is 2.78. The third kappa shape index (κ3) is 4.43. The molecule has 7 heteroatoms. The average molecular weight is 334 g/mol. The number of hydrogen-bond donors (Lipinski definition) is 2. The van der Waals surface area contributed by atoms with E-state index in [2.05, 4.69) is 5.32 Å². The van der Waals surface area contributed by atoms with Crippen LogP contribution < -0.4 is 14.8 Å². The summed E-state index contributed by atoms with van der Waals surface area (Å²) in [4.78, 5) is 12.3. The molecule has 0 aliphatic rings. The molecule has 0 saturated carbocycles. The summed E-state index contributed by atoms with van der Waals surface area (Å²) < 4.78 is 10.3. The fraction of sp³-hybridized carbons (Fsp3) is 0.500. The van der Waals surface area contributed by atoms with E-state index in [9.17, 15) is 9.90 Å². The van der Waals surface area contributed by atoms with Crippen molar-refractivity contribution in [2.24, 2.45) is 0 Å². The molecule has 0 radical (unpaired) electrons. The van der Waals surface area contributed by atoms with Crippen LogP contribution in [0.3, 0.4) is 0 Å². The molecule has 2 atom stereocenters. The molecule has 1 amide bonds. The van der Waals surface area contributed by atoms with E-state index in [1.54, 1.807) is 6.07 Å². The van der Waals surface area contributed by atoms with E-state index in [0.717, 1.165) is 0 Å². The maximum Gasteiger partial charge on any atom is 0.251 e. The monoisotopic (exact) mass is 333 g/mol. The van der Waals surface area contributed by atoms with Crippen LogP contribution in [0.5, 0.6) is 11.5 Å². The quantitative estimate of drug-likeness (QED) is 0.800. The van der Waals surface area contributed by atoms with Gasteiger partial charge in [0.05, 0.1) is 25.8 Å². The number of nitrogens with one attached hydrogen (secondary N) is 1. The summed E-state index contributed by atoms with van der Waals surface area (Å²) in [5, 5.41) is 12.3. The molecule has 21 heavy (non-hydrogen) atoms. The summed E-state index contributed by atoms with van der Waals surface area (Å²) in [5.41, 5.74) is 0.377. The summed E-state index contributed by atoms with van der Waals surface area (Å²) in [6.07, 6.45) is 1.89. The first-order chi connectivity index (χ1) is 9.98. The molecule has 0 bridgehead atoms. The van der Waals surface area contributed by atoms with Gasteiger partial charge in [0.2, 0.25) is 0 Å². The van der Waals surface area contributed by atoms with Crippen LogP contribution in [0.2, 0.25) is 5.02 Å². The van der Waals surface area contributed by atoms with E-state index in [0.29, 0.717) is 22.1 Å². The molecule has 0 aromatic heterocycles. The SMILES string of the molecule is COc1cc(C(=O)NC(C)C(CO)SC)cc(Cl)c1OC. The van der Waals surface area contributed by atoms with Crippen LogP contribution in [0.15, 0.2) is 12.1 Å². The molecular weight excluding hydrogens is 314 g/mol. The minimum Gasteiger partial charge on any atom is -0.493 e. The van der Waals surface area contributed by atoms with Crippen LogP contribution >= 0.6 is 23.4 Å². The number of methoxy groups -OCH3 is 2. The van der Waals surface area contributed by atoms with Crippen LogP contribution in [0.4, 0.5) is 0 Å². The highest BCUT2D eigenvalue weighted by atomic mass is 35.5. The zero-order valence-corrected chi connectivity index (χ0v) is 14.0. The van der Waals surface area contributed by atoms with E-state index in [4.69, 9.17) is 21.1 Å². The third-order valence-electron chi connectivity index (χ3n) is 3.09. The normalized spacial score (nSPS) is 13.4. The van der Waals surface area contributed by atoms with Crippen LogP contribution in [-0.2, 0) is 0 Å². The van der Waals surface area contributed by atoms with Crippen molar-refractivity contribution in [3.8, 4) is 11.5 Å². The zero-order chi connectivity index (χ0) is 16.0. The molecule has 1 rings (SSSR count). The number of aliphatic hydroxyl groups excluding tert-OH is 1. The fourth-order valence-electron chi connectivity index (χ4n) is 1.87. The van der Waals surface area contributed by atoms with Gasteiger partial charge in [-0.25, -0.2) is 0 Å². The van der Waals surface area contributed by atoms with E-state index in [1.165, 1.54) is 32.0 Å². The lowest BCUT2D eigenvalue weighted by atomic mass is 10.1. The van der Waals surface area contributed by atoms with Crippen molar-refractivity contribution < 1.29 is 19.4 Å². The summed E-state index contributed by atoms with van der Waals surface area (Å²) in [5.74, 6) is 0.505. The second kappa shape index (κ2) is 8.36. The standard InChI is InChI=1S/C14H20ClNO4S/c1-8(12(7-17)21-4)16-14(18)9-5-10(15)13(20-3)11(6-9)19-2/h5-6,8,12,17H,7H2,1-4H3,(H,16,18). The van der Waals surface area contributed by atoms with Gasteiger partial charge in [0.25, 0.3) is 5.91 Å². The Morgan fingerprint density at radius 2 is 2.10 bits per heavy atom. The molecule has 5 nitrogen and oxygen atoms in total. The highest BCUT2D eigenvalue weighted by Crippen LogP contribution is 2.36. The number of carbonyl (C=O) groups excluding carboxylic acids is 1. The van der Waals surface area contributed by atoms with Gasteiger partial charge in [0.1, 0.15) is 0 Å². The molecule has 1 aromatic rings. The number of amides is 1. The highest BCUT2D eigenvalue weighted by Gasteiger charge is 2.20. The van der Waals surface area contributed by atoms with Gasteiger partial charge in [-0.2, -0.15) is 11.8 Å². The number of benzene rings is 1. The van der Waals surface area contributed by atoms with Crippen molar-refractivity contribution in [3.63, 3.8) is 0 Å². The topological polar surface area (TPSA) is 67.8 Å². The Hall–Kier alpha value is -1.11. The smallest absolute Gasteiger partial charge is 0.251 e. The van der Waals surface area contributed by atoms with Gasteiger partial charge < -0.3 is 19.9 Å². The maximum absolute atomic E-state index is 12.3. The molecular formula is C14H20ClNO4S. The van der Waals surface area contributed by atoms with Crippen molar-refractivity contribution in [2.45, 2.75) is 18.2 Å². The van der Waals surface area contributed by atoms with Gasteiger partial charge in [0.15, 0.2) is 11.5 Å². The summed E-state index contributed by atoms with van der Waals surface area (Å²) in [6.45, 7) is 1.84. The van der Waals surface area contributed by atoms with Crippen molar-refractivity contribution in [3.05, 3.63) is 22.7 Å². The average Bonchev–Trinajstić information content (AvgIpc) is 2.47. The first-order valence-electron chi connectivity index (χ1n) is 6.34. The second-order valence-corrected chi connectivity index (χ2v) is 5.90. The minimum atomic E-state index is -0.280. The number of aliphatic hydroxyl groups is 1. The van der Waals surface area contributed by atoms with Crippen molar-refractivity contribution in [1.29, 1.82) is 0 Å². The van der Waals surface area contributed by atoms with Gasteiger partial charge >= 0.3 is 0 Å². The first kappa shape index (κ1) is 17.9. The van der Waals surface area contributed by atoms with Crippen LogP contribution in [0, 0.1) is 0 Å². The number of thioether (sulfide) groups is 1. The molecule has 0 heterocycles. The number of hydrogen-bond acceptors (Lipinski definition) is 5. The Kier molecular flexibility index (Phi) is 7.14. The number of ether oxygens (including phenoxy) is 2. The predicted octanol–water partition coefficient (Wildman–Crippen LogP) is 2.20. The third-order valence-corrected chi connectivity index (χ3v) is 4.54.